The van der Waals surface area contributed by atoms with Crippen LogP contribution in [-0.4, -0.2) is 8.32 Å². The third-order valence-corrected chi connectivity index (χ3v) is 6.77. The number of benzene rings is 1. The molecule has 0 aromatic heterocycles. The fraction of sp³-hybridized carbons (Fsp3) is 0.538. The number of hydrogen-bond acceptors (Lipinski definition) is 1. The molecule has 0 aliphatic heterocycles. The third kappa shape index (κ3) is 2.62. The molecule has 0 spiro atoms. The van der Waals surface area contributed by atoms with E-state index in [1.807, 2.05) is 6.07 Å². The van der Waals surface area contributed by atoms with E-state index >= 15 is 0 Å². The molecule has 1 saturated carbocycles. The monoisotopic (exact) mass is 220 g/mol. The Hall–Kier alpha value is -0.763. The number of rotatable bonds is 3. The molecule has 15 heavy (non-hydrogen) atoms. The van der Waals surface area contributed by atoms with Gasteiger partial charge >= 0.3 is 0 Å². The molecule has 1 fully saturated rings. The van der Waals surface area contributed by atoms with Crippen LogP contribution in [0, 0.1) is 0 Å². The number of hydrogen-bond donors (Lipinski definition) is 0. The summed E-state index contributed by atoms with van der Waals surface area (Å²) in [6.45, 7) is 4.71. The van der Waals surface area contributed by atoms with Crippen LogP contribution in [0.4, 0.5) is 0 Å². The van der Waals surface area contributed by atoms with Crippen molar-refractivity contribution in [3.8, 4) is 5.75 Å². The molecule has 1 nitrogen and oxygen atoms in total. The normalized spacial score (nSPS) is 18.0. The van der Waals surface area contributed by atoms with Gasteiger partial charge in [0.15, 0.2) is 0 Å². The van der Waals surface area contributed by atoms with Crippen molar-refractivity contribution in [2.75, 3.05) is 0 Å². The molecule has 2 heteroatoms. The van der Waals surface area contributed by atoms with Crippen LogP contribution in [0.25, 0.3) is 0 Å². The zero-order chi connectivity index (χ0) is 10.7. The van der Waals surface area contributed by atoms with Crippen molar-refractivity contribution in [1.82, 2.24) is 0 Å². The standard InChI is InChI=1S/C13H20OSi/c1-15(2,13-10-6-7-11-13)14-12-8-4-3-5-9-12/h3-5,8-9,13H,6-7,10-11H2,1-2H3. The van der Waals surface area contributed by atoms with E-state index in [2.05, 4.69) is 37.4 Å². The summed E-state index contributed by atoms with van der Waals surface area (Å²) in [7, 11) is -1.51. The summed E-state index contributed by atoms with van der Waals surface area (Å²) < 4.78 is 6.22. The van der Waals surface area contributed by atoms with Crippen LogP contribution in [0.2, 0.25) is 18.6 Å². The highest BCUT2D eigenvalue weighted by Gasteiger charge is 2.37. The highest BCUT2D eigenvalue weighted by atomic mass is 28.4. The summed E-state index contributed by atoms with van der Waals surface area (Å²) in [6, 6.07) is 10.3. The second-order valence-electron chi connectivity index (χ2n) is 5.00. The molecular formula is C13H20OSi. The van der Waals surface area contributed by atoms with Gasteiger partial charge in [0.2, 0.25) is 8.32 Å². The van der Waals surface area contributed by atoms with Crippen molar-refractivity contribution < 1.29 is 4.43 Å². The van der Waals surface area contributed by atoms with Crippen molar-refractivity contribution in [1.29, 1.82) is 0 Å². The molecule has 1 aromatic carbocycles. The molecule has 2 rings (SSSR count). The smallest absolute Gasteiger partial charge is 0.248 e. The lowest BCUT2D eigenvalue weighted by Crippen LogP contribution is -2.38. The van der Waals surface area contributed by atoms with Gasteiger partial charge in [-0.25, -0.2) is 0 Å². The van der Waals surface area contributed by atoms with E-state index in [1.165, 1.54) is 25.7 Å². The summed E-state index contributed by atoms with van der Waals surface area (Å²) in [5.41, 5.74) is 0.859. The van der Waals surface area contributed by atoms with Crippen LogP contribution >= 0.6 is 0 Å². The predicted molar refractivity (Wildman–Crippen MR) is 66.8 cm³/mol. The topological polar surface area (TPSA) is 9.23 Å². The molecule has 1 aliphatic carbocycles. The summed E-state index contributed by atoms with van der Waals surface area (Å²) >= 11 is 0. The van der Waals surface area contributed by atoms with E-state index in [4.69, 9.17) is 4.43 Å². The van der Waals surface area contributed by atoms with Gasteiger partial charge in [-0.2, -0.15) is 0 Å². The van der Waals surface area contributed by atoms with Crippen molar-refractivity contribution in [2.24, 2.45) is 0 Å². The Morgan fingerprint density at radius 2 is 1.67 bits per heavy atom. The Kier molecular flexibility index (Phi) is 3.15. The average molecular weight is 220 g/mol. The molecule has 0 radical (unpaired) electrons. The number of para-hydroxylation sites is 1. The maximum absolute atomic E-state index is 6.22. The van der Waals surface area contributed by atoms with Gasteiger partial charge in [-0.05, 0) is 43.6 Å². The minimum atomic E-state index is -1.51. The van der Waals surface area contributed by atoms with Gasteiger partial charge in [0.1, 0.15) is 5.75 Å². The SMILES string of the molecule is C[Si](C)(Oc1ccccc1)C1CCCC1. The van der Waals surface area contributed by atoms with Crippen LogP contribution in [0.3, 0.4) is 0 Å². The van der Waals surface area contributed by atoms with E-state index in [0.29, 0.717) is 0 Å². The molecule has 0 amide bonds. The zero-order valence-electron chi connectivity index (χ0n) is 9.70. The molecule has 82 valence electrons. The summed E-state index contributed by atoms with van der Waals surface area (Å²) in [5, 5.41) is 0. The van der Waals surface area contributed by atoms with Crippen molar-refractivity contribution in [3.63, 3.8) is 0 Å². The Labute approximate surface area is 93.6 Å². The zero-order valence-corrected chi connectivity index (χ0v) is 10.7. The van der Waals surface area contributed by atoms with E-state index < -0.39 is 8.32 Å². The molecular weight excluding hydrogens is 200 g/mol. The first-order valence-corrected chi connectivity index (χ1v) is 8.91. The van der Waals surface area contributed by atoms with Gasteiger partial charge in [0, 0.05) is 0 Å². The highest BCUT2D eigenvalue weighted by molar-refractivity contribution is 6.73. The lowest BCUT2D eigenvalue weighted by atomic mass is 10.3. The fourth-order valence-electron chi connectivity index (χ4n) is 2.50. The van der Waals surface area contributed by atoms with Crippen LogP contribution in [0.15, 0.2) is 30.3 Å². The van der Waals surface area contributed by atoms with Gasteiger partial charge in [0.25, 0.3) is 0 Å². The van der Waals surface area contributed by atoms with Crippen molar-refractivity contribution >= 4 is 8.32 Å². The molecule has 0 unspecified atom stereocenters. The first-order valence-electron chi connectivity index (χ1n) is 5.92. The molecule has 0 saturated heterocycles. The molecule has 1 aromatic rings. The van der Waals surface area contributed by atoms with E-state index in [1.54, 1.807) is 0 Å². The molecule has 0 heterocycles. The summed E-state index contributed by atoms with van der Waals surface area (Å²) in [6.07, 6.45) is 5.57. The second kappa shape index (κ2) is 4.39. The average Bonchev–Trinajstić information content (AvgIpc) is 2.71. The first-order chi connectivity index (χ1) is 7.18. The molecule has 0 N–H and O–H groups in total. The Balaban J connectivity index is 2.03. The highest BCUT2D eigenvalue weighted by Crippen LogP contribution is 2.39. The van der Waals surface area contributed by atoms with Gasteiger partial charge in [0.05, 0.1) is 0 Å². The predicted octanol–water partition coefficient (Wildman–Crippen LogP) is 4.21. The quantitative estimate of drug-likeness (QED) is 0.693. The second-order valence-corrected chi connectivity index (χ2v) is 9.23. The van der Waals surface area contributed by atoms with E-state index in [0.717, 1.165) is 11.3 Å². The minimum Gasteiger partial charge on any atom is -0.544 e. The lowest BCUT2D eigenvalue weighted by Gasteiger charge is -2.30. The van der Waals surface area contributed by atoms with Gasteiger partial charge < -0.3 is 4.43 Å². The van der Waals surface area contributed by atoms with E-state index in [9.17, 15) is 0 Å². The van der Waals surface area contributed by atoms with Crippen molar-refractivity contribution in [2.45, 2.75) is 44.3 Å². The molecule has 0 atom stereocenters. The lowest BCUT2D eigenvalue weighted by molar-refractivity contribution is 0.521. The maximum atomic E-state index is 6.22. The Morgan fingerprint density at radius 1 is 1.07 bits per heavy atom. The van der Waals surface area contributed by atoms with Crippen LogP contribution in [0.5, 0.6) is 5.75 Å². The van der Waals surface area contributed by atoms with Crippen molar-refractivity contribution in [3.05, 3.63) is 30.3 Å². The van der Waals surface area contributed by atoms with Gasteiger partial charge in [-0.15, -0.1) is 0 Å². The molecule has 1 aliphatic rings. The van der Waals surface area contributed by atoms with Crippen LogP contribution in [0.1, 0.15) is 25.7 Å². The van der Waals surface area contributed by atoms with Gasteiger partial charge in [-0.1, -0.05) is 31.0 Å². The van der Waals surface area contributed by atoms with Crippen LogP contribution < -0.4 is 4.43 Å². The summed E-state index contributed by atoms with van der Waals surface area (Å²) in [5.74, 6) is 1.06. The van der Waals surface area contributed by atoms with Gasteiger partial charge in [-0.3, -0.25) is 0 Å². The summed E-state index contributed by atoms with van der Waals surface area (Å²) in [4.78, 5) is 0. The Bertz CT molecular complexity index is 302. The minimum absolute atomic E-state index is 0.859. The fourth-order valence-corrected chi connectivity index (χ4v) is 5.21. The maximum Gasteiger partial charge on any atom is 0.248 e. The Morgan fingerprint density at radius 3 is 2.27 bits per heavy atom. The third-order valence-electron chi connectivity index (χ3n) is 3.46. The molecule has 0 bridgehead atoms. The van der Waals surface area contributed by atoms with Crippen LogP contribution in [-0.2, 0) is 0 Å². The first kappa shape index (κ1) is 10.7. The largest absolute Gasteiger partial charge is 0.544 e. The van der Waals surface area contributed by atoms with E-state index in [-0.39, 0.29) is 0 Å².